The number of benzene rings is 2. The summed E-state index contributed by atoms with van der Waals surface area (Å²) in [5, 5.41) is 5.24. The first-order chi connectivity index (χ1) is 9.65. The van der Waals surface area contributed by atoms with E-state index in [1.807, 2.05) is 6.07 Å². The summed E-state index contributed by atoms with van der Waals surface area (Å²) in [7, 11) is 0. The van der Waals surface area contributed by atoms with E-state index in [0.29, 0.717) is 17.1 Å². The number of rotatable bonds is 4. The molecule has 0 aromatic heterocycles. The van der Waals surface area contributed by atoms with Gasteiger partial charge in [-0.05, 0) is 24.3 Å². The summed E-state index contributed by atoms with van der Waals surface area (Å²) in [5.41, 5.74) is 7.33. The van der Waals surface area contributed by atoms with Crippen molar-refractivity contribution in [1.29, 1.82) is 0 Å². The van der Waals surface area contributed by atoms with Gasteiger partial charge in [-0.15, -0.1) is 0 Å². The minimum absolute atomic E-state index is 0.261. The van der Waals surface area contributed by atoms with E-state index in [4.69, 9.17) is 5.73 Å². The highest BCUT2D eigenvalue weighted by Crippen LogP contribution is 2.16. The highest BCUT2D eigenvalue weighted by Gasteiger charge is 2.10. The molecule has 2 amide bonds. The van der Waals surface area contributed by atoms with Crippen molar-refractivity contribution in [3.05, 3.63) is 54.6 Å². The molecule has 0 saturated carbocycles. The van der Waals surface area contributed by atoms with Gasteiger partial charge >= 0.3 is 0 Å². The van der Waals surface area contributed by atoms with Gasteiger partial charge in [-0.25, -0.2) is 0 Å². The van der Waals surface area contributed by atoms with E-state index in [1.54, 1.807) is 48.5 Å². The second-order valence-electron chi connectivity index (χ2n) is 4.23. The lowest BCUT2D eigenvalue weighted by atomic mass is 10.2. The third kappa shape index (κ3) is 3.84. The summed E-state index contributed by atoms with van der Waals surface area (Å²) >= 11 is 0. The second kappa shape index (κ2) is 6.38. The summed E-state index contributed by atoms with van der Waals surface area (Å²) in [6, 6.07) is 15.9. The first-order valence-electron chi connectivity index (χ1n) is 6.14. The number of nitrogens with two attached hydrogens (primary N) is 1. The molecule has 5 nitrogen and oxygen atoms in total. The first-order valence-corrected chi connectivity index (χ1v) is 6.14. The van der Waals surface area contributed by atoms with E-state index in [2.05, 4.69) is 10.6 Å². The van der Waals surface area contributed by atoms with Crippen LogP contribution in [0.15, 0.2) is 54.6 Å². The maximum absolute atomic E-state index is 11.7. The highest BCUT2D eigenvalue weighted by atomic mass is 16.2. The van der Waals surface area contributed by atoms with Crippen LogP contribution in [0.1, 0.15) is 6.42 Å². The van der Waals surface area contributed by atoms with Crippen molar-refractivity contribution in [2.75, 3.05) is 16.4 Å². The third-order valence-corrected chi connectivity index (χ3v) is 2.61. The van der Waals surface area contributed by atoms with Gasteiger partial charge in [-0.2, -0.15) is 0 Å². The quantitative estimate of drug-likeness (QED) is 0.588. The molecule has 102 valence electrons. The number of anilines is 3. The van der Waals surface area contributed by atoms with Crippen LogP contribution >= 0.6 is 0 Å². The number of nitrogens with one attached hydrogen (secondary N) is 2. The zero-order valence-electron chi connectivity index (χ0n) is 10.8. The highest BCUT2D eigenvalue weighted by molar-refractivity contribution is 6.08. The van der Waals surface area contributed by atoms with Gasteiger partial charge in [0.1, 0.15) is 6.42 Å². The van der Waals surface area contributed by atoms with Gasteiger partial charge < -0.3 is 16.4 Å². The average molecular weight is 269 g/mol. The van der Waals surface area contributed by atoms with Gasteiger partial charge in [0.15, 0.2) is 0 Å². The number of amides is 2. The average Bonchev–Trinajstić information content (AvgIpc) is 2.42. The van der Waals surface area contributed by atoms with E-state index < -0.39 is 5.91 Å². The molecule has 0 radical (unpaired) electrons. The second-order valence-corrected chi connectivity index (χ2v) is 4.23. The van der Waals surface area contributed by atoms with Crippen LogP contribution in [0.4, 0.5) is 17.1 Å². The van der Waals surface area contributed by atoms with Crippen molar-refractivity contribution in [3.63, 3.8) is 0 Å². The predicted octanol–water partition coefficient (Wildman–Crippen LogP) is 2.24. The number of carbonyl (C=O) groups is 2. The monoisotopic (exact) mass is 269 g/mol. The lowest BCUT2D eigenvalue weighted by molar-refractivity contribution is -0.123. The standard InChI is InChI=1S/C15H15N3O2/c16-12-8-4-5-9-13(12)18-15(20)10-14(19)17-11-6-2-1-3-7-11/h1-9H,10,16H2,(H,17,19)(H,18,20). The van der Waals surface area contributed by atoms with Crippen LogP contribution in [0.3, 0.4) is 0 Å². The Hall–Kier alpha value is -2.82. The van der Waals surface area contributed by atoms with Crippen molar-refractivity contribution in [1.82, 2.24) is 0 Å². The molecule has 20 heavy (non-hydrogen) atoms. The normalized spacial score (nSPS) is 9.80. The van der Waals surface area contributed by atoms with Crippen LogP contribution in [0.5, 0.6) is 0 Å². The molecule has 0 saturated heterocycles. The molecular formula is C15H15N3O2. The number of carbonyl (C=O) groups excluding carboxylic acids is 2. The minimum Gasteiger partial charge on any atom is -0.397 e. The van der Waals surface area contributed by atoms with E-state index in [1.165, 1.54) is 0 Å². The Bertz CT molecular complexity index is 612. The largest absolute Gasteiger partial charge is 0.397 e. The van der Waals surface area contributed by atoms with E-state index >= 15 is 0 Å². The lowest BCUT2D eigenvalue weighted by Gasteiger charge is -2.08. The summed E-state index contributed by atoms with van der Waals surface area (Å²) in [6.45, 7) is 0. The van der Waals surface area contributed by atoms with Gasteiger partial charge in [-0.3, -0.25) is 9.59 Å². The smallest absolute Gasteiger partial charge is 0.233 e. The van der Waals surface area contributed by atoms with Gasteiger partial charge in [0, 0.05) is 5.69 Å². The Morgan fingerprint density at radius 1 is 0.850 bits per heavy atom. The van der Waals surface area contributed by atoms with Crippen LogP contribution in [0, 0.1) is 0 Å². The molecule has 0 aliphatic heterocycles. The number of para-hydroxylation sites is 3. The van der Waals surface area contributed by atoms with E-state index in [-0.39, 0.29) is 12.3 Å². The van der Waals surface area contributed by atoms with Crippen LogP contribution in [0.2, 0.25) is 0 Å². The number of nitrogen functional groups attached to an aromatic ring is 1. The molecule has 5 heteroatoms. The summed E-state index contributed by atoms with van der Waals surface area (Å²) < 4.78 is 0. The molecule has 0 heterocycles. The predicted molar refractivity (Wildman–Crippen MR) is 79.2 cm³/mol. The molecule has 0 atom stereocenters. The summed E-state index contributed by atoms with van der Waals surface area (Å²) in [6.07, 6.45) is -0.261. The van der Waals surface area contributed by atoms with E-state index in [0.717, 1.165) is 0 Å². The zero-order valence-corrected chi connectivity index (χ0v) is 10.8. The molecule has 0 spiro atoms. The SMILES string of the molecule is Nc1ccccc1NC(=O)CC(=O)Nc1ccccc1. The third-order valence-electron chi connectivity index (χ3n) is 2.61. The maximum Gasteiger partial charge on any atom is 0.233 e. The molecule has 4 N–H and O–H groups in total. The molecule has 2 aromatic carbocycles. The molecule has 0 bridgehead atoms. The maximum atomic E-state index is 11.7. The molecule has 0 unspecified atom stereocenters. The summed E-state index contributed by atoms with van der Waals surface area (Å²) in [4.78, 5) is 23.4. The minimum atomic E-state index is -0.406. The Kier molecular flexibility index (Phi) is 4.34. The molecule has 2 rings (SSSR count). The van der Waals surface area contributed by atoms with Gasteiger partial charge in [0.05, 0.1) is 11.4 Å². The molecule has 0 aliphatic carbocycles. The Balaban J connectivity index is 1.89. The van der Waals surface area contributed by atoms with Crippen LogP contribution in [0.25, 0.3) is 0 Å². The lowest BCUT2D eigenvalue weighted by Crippen LogP contribution is -2.21. The fourth-order valence-electron chi connectivity index (χ4n) is 1.68. The van der Waals surface area contributed by atoms with Crippen molar-refractivity contribution in [3.8, 4) is 0 Å². The molecule has 0 aliphatic rings. The fraction of sp³-hybridized carbons (Fsp3) is 0.0667. The summed E-state index contributed by atoms with van der Waals surface area (Å²) in [5.74, 6) is -0.778. The Labute approximate surface area is 116 Å². The van der Waals surface area contributed by atoms with Crippen LogP contribution in [-0.2, 0) is 9.59 Å². The number of hydrogen-bond donors (Lipinski definition) is 3. The van der Waals surface area contributed by atoms with Crippen molar-refractivity contribution >= 4 is 28.9 Å². The zero-order chi connectivity index (χ0) is 14.4. The van der Waals surface area contributed by atoms with E-state index in [9.17, 15) is 9.59 Å². The Morgan fingerprint density at radius 3 is 2.15 bits per heavy atom. The fourth-order valence-corrected chi connectivity index (χ4v) is 1.68. The number of hydrogen-bond acceptors (Lipinski definition) is 3. The Morgan fingerprint density at radius 2 is 1.45 bits per heavy atom. The van der Waals surface area contributed by atoms with Gasteiger partial charge in [-0.1, -0.05) is 30.3 Å². The van der Waals surface area contributed by atoms with Crippen LogP contribution < -0.4 is 16.4 Å². The molecular weight excluding hydrogens is 254 g/mol. The van der Waals surface area contributed by atoms with Crippen molar-refractivity contribution in [2.45, 2.75) is 6.42 Å². The van der Waals surface area contributed by atoms with Gasteiger partial charge in [0.25, 0.3) is 0 Å². The van der Waals surface area contributed by atoms with Gasteiger partial charge in [0.2, 0.25) is 11.8 Å². The first kappa shape index (κ1) is 13.6. The molecule has 0 fully saturated rings. The van der Waals surface area contributed by atoms with Crippen molar-refractivity contribution in [2.24, 2.45) is 0 Å². The topological polar surface area (TPSA) is 84.2 Å². The molecule has 2 aromatic rings. The van der Waals surface area contributed by atoms with Crippen LogP contribution in [-0.4, -0.2) is 11.8 Å². The van der Waals surface area contributed by atoms with Crippen molar-refractivity contribution < 1.29 is 9.59 Å².